The number of hydrogen-bond donors (Lipinski definition) is 0. The van der Waals surface area contributed by atoms with Gasteiger partial charge in [0.05, 0.1) is 11.1 Å². The monoisotopic (exact) mass is 784 g/mol. The molecule has 0 saturated carbocycles. The maximum absolute atomic E-state index is 14.8. The van der Waals surface area contributed by atoms with E-state index in [1.165, 1.54) is 46.9 Å². The molecule has 0 bridgehead atoms. The van der Waals surface area contributed by atoms with E-state index in [1.54, 1.807) is 58.3 Å². The first kappa shape index (κ1) is 32.7. The lowest BCUT2D eigenvalue weighted by Gasteiger charge is -2.10. The Morgan fingerprint density at radius 2 is 0.784 bits per heavy atom. The fourth-order valence-electron chi connectivity index (χ4n) is 6.20. The van der Waals surface area contributed by atoms with Gasteiger partial charge in [-0.05, 0) is 83.6 Å². The largest absolute Gasteiger partial charge is 0.419 e. The molecule has 0 aliphatic heterocycles. The van der Waals surface area contributed by atoms with Crippen molar-refractivity contribution in [2.45, 2.75) is 12.4 Å². The third-order valence-corrected chi connectivity index (χ3v) is 14.5. The number of benzene rings is 4. The molecule has 4 aromatic carbocycles. The highest BCUT2D eigenvalue weighted by Crippen LogP contribution is 2.47. The van der Waals surface area contributed by atoms with E-state index in [9.17, 15) is 35.1 Å². The topological polar surface area (TPSA) is 0 Å². The summed E-state index contributed by atoms with van der Waals surface area (Å²) in [4.78, 5) is 4.35. The van der Waals surface area contributed by atoms with Crippen LogP contribution in [0.2, 0.25) is 0 Å². The molecule has 0 amide bonds. The lowest BCUT2D eigenvalue weighted by atomic mass is 10.1. The standard InChI is InChI=1S/C38H16F8S5/c39-35-19(3-1-5-23(35)37(41,42)43)25-7-9-27(47-25)33-13-17-11-21-22-12-18-14-34(50-30(18)16-32(22)51-31(21)15-29(17)49-33)28-10-8-26(48-28)20-4-2-6-24(36(20)40)38(44,45)46/h1-16H. The van der Waals surface area contributed by atoms with Crippen molar-refractivity contribution >= 4 is 97.0 Å². The minimum absolute atomic E-state index is 0.0822. The Kier molecular flexibility index (Phi) is 7.50. The van der Waals surface area contributed by atoms with Crippen molar-refractivity contribution in [3.63, 3.8) is 0 Å². The number of rotatable bonds is 4. The number of thiophene rings is 5. The molecule has 0 N–H and O–H groups in total. The van der Waals surface area contributed by atoms with Gasteiger partial charge >= 0.3 is 12.4 Å². The molecule has 0 atom stereocenters. The lowest BCUT2D eigenvalue weighted by Crippen LogP contribution is -2.08. The number of alkyl halides is 6. The van der Waals surface area contributed by atoms with Gasteiger partial charge in [-0.3, -0.25) is 0 Å². The number of hydrogen-bond acceptors (Lipinski definition) is 5. The molecule has 0 unspecified atom stereocenters. The van der Waals surface area contributed by atoms with Crippen molar-refractivity contribution in [1.82, 2.24) is 0 Å². The molecular weight excluding hydrogens is 769 g/mol. The van der Waals surface area contributed by atoms with E-state index in [2.05, 4.69) is 24.3 Å². The smallest absolute Gasteiger partial charge is 0.206 e. The number of fused-ring (bicyclic) bond motifs is 5. The Balaban J connectivity index is 1.05. The second-order valence-electron chi connectivity index (χ2n) is 11.8. The highest BCUT2D eigenvalue weighted by molar-refractivity contribution is 7.29. The molecule has 5 heterocycles. The molecule has 51 heavy (non-hydrogen) atoms. The molecule has 5 aromatic heterocycles. The van der Waals surface area contributed by atoms with Gasteiger partial charge in [-0.25, -0.2) is 8.78 Å². The van der Waals surface area contributed by atoms with Crippen molar-refractivity contribution in [3.8, 4) is 40.4 Å². The van der Waals surface area contributed by atoms with Gasteiger partial charge < -0.3 is 0 Å². The first-order valence-electron chi connectivity index (χ1n) is 15.1. The summed E-state index contributed by atoms with van der Waals surface area (Å²) in [5, 5.41) is 4.19. The van der Waals surface area contributed by atoms with E-state index in [4.69, 9.17) is 0 Å². The van der Waals surface area contributed by atoms with Gasteiger partial charge in [0.25, 0.3) is 0 Å². The summed E-state index contributed by atoms with van der Waals surface area (Å²) in [5.41, 5.74) is -2.74. The lowest BCUT2D eigenvalue weighted by molar-refractivity contribution is -0.140. The molecule has 0 aliphatic rings. The average Bonchev–Trinajstić information content (AvgIpc) is 3.90. The average molecular weight is 785 g/mol. The second-order valence-corrected chi connectivity index (χ2v) is 17.2. The summed E-state index contributed by atoms with van der Waals surface area (Å²) in [6.45, 7) is 0. The molecule has 254 valence electrons. The zero-order valence-corrected chi connectivity index (χ0v) is 29.4. The summed E-state index contributed by atoms with van der Waals surface area (Å²) in [6.07, 6.45) is -9.57. The van der Waals surface area contributed by atoms with E-state index in [0.717, 1.165) is 72.0 Å². The summed E-state index contributed by atoms with van der Waals surface area (Å²) in [7, 11) is 0. The van der Waals surface area contributed by atoms with Gasteiger partial charge in [0.1, 0.15) is 11.6 Å². The molecule has 0 spiro atoms. The molecular formula is C38H16F8S5. The Hall–Kier alpha value is -4.14. The van der Waals surface area contributed by atoms with Gasteiger partial charge in [0.2, 0.25) is 0 Å². The van der Waals surface area contributed by atoms with Crippen LogP contribution in [0.5, 0.6) is 0 Å². The van der Waals surface area contributed by atoms with Crippen LogP contribution in [-0.4, -0.2) is 0 Å². The van der Waals surface area contributed by atoms with Crippen LogP contribution in [0.15, 0.2) is 97.1 Å². The maximum atomic E-state index is 14.8. The minimum atomic E-state index is -4.78. The van der Waals surface area contributed by atoms with E-state index in [1.807, 2.05) is 12.1 Å². The van der Waals surface area contributed by atoms with E-state index >= 15 is 0 Å². The predicted octanol–water partition coefficient (Wildman–Crippen LogP) is 15.6. The van der Waals surface area contributed by atoms with Crippen LogP contribution < -0.4 is 0 Å². The highest BCUT2D eigenvalue weighted by atomic mass is 32.1. The fourth-order valence-corrected chi connectivity index (χ4v) is 11.9. The molecule has 0 saturated heterocycles. The van der Waals surface area contributed by atoms with Gasteiger partial charge in [0, 0.05) is 70.0 Å². The zero-order valence-electron chi connectivity index (χ0n) is 25.3. The fraction of sp³-hybridized carbons (Fsp3) is 0.0526. The number of halogens is 8. The Morgan fingerprint density at radius 1 is 0.373 bits per heavy atom. The van der Waals surface area contributed by atoms with E-state index < -0.39 is 35.1 Å². The van der Waals surface area contributed by atoms with Gasteiger partial charge in [-0.2, -0.15) is 26.3 Å². The van der Waals surface area contributed by atoms with Gasteiger partial charge in [-0.1, -0.05) is 24.3 Å². The SMILES string of the molecule is Fc1c(-c2ccc(-c3cc4cc5c(cc4s3)sc3cc4sc(-c6ccc(-c7cccc(C(F)(F)F)c7F)s6)cc4cc35)s2)cccc1C(F)(F)F. The van der Waals surface area contributed by atoms with E-state index in [-0.39, 0.29) is 11.1 Å². The summed E-state index contributed by atoms with van der Waals surface area (Å²) in [6, 6.07) is 26.2. The van der Waals surface area contributed by atoms with Crippen molar-refractivity contribution < 1.29 is 35.1 Å². The predicted molar refractivity (Wildman–Crippen MR) is 198 cm³/mol. The quantitative estimate of drug-likeness (QED) is 0.156. The first-order chi connectivity index (χ1) is 24.3. The molecule has 0 nitrogen and oxygen atoms in total. The van der Waals surface area contributed by atoms with Crippen LogP contribution in [0.3, 0.4) is 0 Å². The molecule has 9 rings (SSSR count). The molecule has 0 fully saturated rings. The molecule has 0 radical (unpaired) electrons. The Bertz CT molecular complexity index is 2630. The van der Waals surface area contributed by atoms with Crippen LogP contribution in [0, 0.1) is 11.6 Å². The Labute approximate surface area is 303 Å². The van der Waals surface area contributed by atoms with Crippen LogP contribution in [0.1, 0.15) is 11.1 Å². The van der Waals surface area contributed by atoms with Crippen LogP contribution in [-0.2, 0) is 12.4 Å². The third-order valence-electron chi connectivity index (χ3n) is 8.58. The minimum Gasteiger partial charge on any atom is -0.206 e. The summed E-state index contributed by atoms with van der Waals surface area (Å²) < 4.78 is 114. The van der Waals surface area contributed by atoms with Crippen molar-refractivity contribution in [3.05, 3.63) is 120 Å². The van der Waals surface area contributed by atoms with Crippen LogP contribution in [0.25, 0.3) is 80.7 Å². The second kappa shape index (κ2) is 11.7. The molecule has 13 heteroatoms. The zero-order chi connectivity index (χ0) is 35.4. The maximum Gasteiger partial charge on any atom is 0.419 e. The van der Waals surface area contributed by atoms with Crippen LogP contribution in [0.4, 0.5) is 35.1 Å². The summed E-state index contributed by atoms with van der Waals surface area (Å²) >= 11 is 7.30. The summed E-state index contributed by atoms with van der Waals surface area (Å²) in [5.74, 6) is -2.56. The van der Waals surface area contributed by atoms with E-state index in [0.29, 0.717) is 9.75 Å². The van der Waals surface area contributed by atoms with Crippen LogP contribution >= 0.6 is 56.7 Å². The van der Waals surface area contributed by atoms with Gasteiger partial charge in [0.15, 0.2) is 0 Å². The molecule has 0 aliphatic carbocycles. The van der Waals surface area contributed by atoms with Gasteiger partial charge in [-0.15, -0.1) is 56.7 Å². The normalized spacial score (nSPS) is 12.7. The molecule has 9 aromatic rings. The van der Waals surface area contributed by atoms with Crippen molar-refractivity contribution in [2.75, 3.05) is 0 Å². The highest BCUT2D eigenvalue weighted by Gasteiger charge is 2.36. The third kappa shape index (κ3) is 5.57. The van der Waals surface area contributed by atoms with Crippen molar-refractivity contribution in [1.29, 1.82) is 0 Å². The Morgan fingerprint density at radius 3 is 1.20 bits per heavy atom. The first-order valence-corrected chi connectivity index (χ1v) is 19.2. The van der Waals surface area contributed by atoms with Crippen molar-refractivity contribution in [2.24, 2.45) is 0 Å².